The van der Waals surface area contributed by atoms with Crippen LogP contribution in [0.2, 0.25) is 0 Å². The molecule has 1 atom stereocenters. The fraction of sp³-hybridized carbons (Fsp3) is 0.367. The minimum atomic E-state index is -1.08. The van der Waals surface area contributed by atoms with E-state index in [2.05, 4.69) is 94.8 Å². The zero-order valence-electron chi connectivity index (χ0n) is 21.0. The number of rotatable bonds is 9. The van der Waals surface area contributed by atoms with Crippen molar-refractivity contribution in [3.63, 3.8) is 0 Å². The van der Waals surface area contributed by atoms with Crippen LogP contribution in [0.25, 0.3) is 0 Å². The van der Waals surface area contributed by atoms with Gasteiger partial charge in [-0.15, -0.1) is 0 Å². The Morgan fingerprint density at radius 2 is 1.40 bits per heavy atom. The molecule has 0 radical (unpaired) electrons. The van der Waals surface area contributed by atoms with E-state index in [9.17, 15) is 4.79 Å². The summed E-state index contributed by atoms with van der Waals surface area (Å²) in [4.78, 5) is 18.0. The summed E-state index contributed by atoms with van der Waals surface area (Å²) in [6, 6.07) is 29.8. The first-order chi connectivity index (χ1) is 17.0. The van der Waals surface area contributed by atoms with Crippen LogP contribution in [0.4, 0.5) is 0 Å². The van der Waals surface area contributed by atoms with Gasteiger partial charge in [0.1, 0.15) is 5.54 Å². The third kappa shape index (κ3) is 5.81. The number of benzene rings is 3. The smallest absolute Gasteiger partial charge is 0.246 e. The largest absolute Gasteiger partial charge is 0.354 e. The van der Waals surface area contributed by atoms with Crippen LogP contribution < -0.4 is 11.1 Å². The van der Waals surface area contributed by atoms with Crippen molar-refractivity contribution >= 4 is 5.91 Å². The third-order valence-corrected chi connectivity index (χ3v) is 7.10. The molecule has 1 saturated heterocycles. The van der Waals surface area contributed by atoms with Crippen LogP contribution in [0.3, 0.4) is 0 Å². The molecule has 1 amide bonds. The predicted molar refractivity (Wildman–Crippen MR) is 143 cm³/mol. The molecule has 3 aromatic carbocycles. The highest BCUT2D eigenvalue weighted by molar-refractivity contribution is 5.87. The van der Waals surface area contributed by atoms with Crippen molar-refractivity contribution in [1.82, 2.24) is 15.1 Å². The highest BCUT2D eigenvalue weighted by atomic mass is 16.2. The van der Waals surface area contributed by atoms with Crippen molar-refractivity contribution in [2.24, 2.45) is 5.73 Å². The lowest BCUT2D eigenvalue weighted by atomic mass is 9.88. The van der Waals surface area contributed by atoms with E-state index < -0.39 is 5.54 Å². The summed E-state index contributed by atoms with van der Waals surface area (Å²) in [5.41, 5.74) is 10.5. The Labute approximate surface area is 209 Å². The summed E-state index contributed by atoms with van der Waals surface area (Å²) in [7, 11) is 0. The maximum Gasteiger partial charge on any atom is 0.246 e. The molecule has 5 nitrogen and oxygen atoms in total. The van der Waals surface area contributed by atoms with Gasteiger partial charge in [0, 0.05) is 39.3 Å². The lowest BCUT2D eigenvalue weighted by Gasteiger charge is -2.42. The molecule has 0 aliphatic carbocycles. The van der Waals surface area contributed by atoms with Crippen molar-refractivity contribution in [3.05, 3.63) is 107 Å². The Bertz CT molecular complexity index is 1020. The van der Waals surface area contributed by atoms with Gasteiger partial charge in [0.05, 0.1) is 6.04 Å². The normalized spacial score (nSPS) is 16.7. The highest BCUT2D eigenvalue weighted by Gasteiger charge is 2.39. The molecule has 0 bridgehead atoms. The fourth-order valence-corrected chi connectivity index (χ4v) is 5.07. The first-order valence-corrected chi connectivity index (χ1v) is 12.8. The number of nitrogens with zero attached hydrogens (tertiary/aromatic N) is 2. The van der Waals surface area contributed by atoms with Gasteiger partial charge in [-0.2, -0.15) is 0 Å². The SMILES string of the molecule is CCNC(=O)C(N)(CN1CCN(C(c2ccccc2)c2ccccc2)CC1)c1ccc(CC)cc1. The number of hydrogen-bond donors (Lipinski definition) is 2. The van der Waals surface area contributed by atoms with E-state index in [1.807, 2.05) is 19.1 Å². The van der Waals surface area contributed by atoms with E-state index in [1.165, 1.54) is 16.7 Å². The summed E-state index contributed by atoms with van der Waals surface area (Å²) in [5.74, 6) is -0.113. The van der Waals surface area contributed by atoms with E-state index in [0.29, 0.717) is 13.1 Å². The molecular weight excluding hydrogens is 432 g/mol. The van der Waals surface area contributed by atoms with Gasteiger partial charge in [0.15, 0.2) is 0 Å². The van der Waals surface area contributed by atoms with Gasteiger partial charge in [0.2, 0.25) is 5.91 Å². The van der Waals surface area contributed by atoms with Gasteiger partial charge >= 0.3 is 0 Å². The highest BCUT2D eigenvalue weighted by Crippen LogP contribution is 2.30. The molecule has 4 rings (SSSR count). The third-order valence-electron chi connectivity index (χ3n) is 7.10. The summed E-state index contributed by atoms with van der Waals surface area (Å²) < 4.78 is 0. The maximum absolute atomic E-state index is 13.2. The number of nitrogens with two attached hydrogens (primary N) is 1. The lowest BCUT2D eigenvalue weighted by Crippen LogP contribution is -2.60. The van der Waals surface area contributed by atoms with E-state index >= 15 is 0 Å². The number of nitrogens with one attached hydrogen (secondary N) is 1. The van der Waals surface area contributed by atoms with Gasteiger partial charge in [0.25, 0.3) is 0 Å². The number of hydrogen-bond acceptors (Lipinski definition) is 4. The number of amides is 1. The monoisotopic (exact) mass is 470 g/mol. The molecule has 0 aromatic heterocycles. The number of carbonyl (C=O) groups is 1. The van der Waals surface area contributed by atoms with Crippen molar-refractivity contribution in [1.29, 1.82) is 0 Å². The standard InChI is InChI=1S/C30H38N4O/c1-3-24-15-17-27(18-16-24)30(31,29(35)32-4-2)23-33-19-21-34(22-20-33)28(25-11-7-5-8-12-25)26-13-9-6-10-14-26/h5-18,28H,3-4,19-23,31H2,1-2H3,(H,32,35). The molecule has 1 fully saturated rings. The number of likely N-dealkylation sites (N-methyl/N-ethyl adjacent to an activating group) is 1. The Morgan fingerprint density at radius 3 is 1.89 bits per heavy atom. The number of carbonyl (C=O) groups excluding carboxylic acids is 1. The molecule has 0 spiro atoms. The molecule has 1 aliphatic heterocycles. The van der Waals surface area contributed by atoms with E-state index in [-0.39, 0.29) is 11.9 Å². The van der Waals surface area contributed by atoms with Crippen molar-refractivity contribution < 1.29 is 4.79 Å². The van der Waals surface area contributed by atoms with Crippen LogP contribution >= 0.6 is 0 Å². The van der Waals surface area contributed by atoms with Gasteiger partial charge in [-0.25, -0.2) is 0 Å². The first-order valence-electron chi connectivity index (χ1n) is 12.8. The molecular formula is C30H38N4O. The Hall–Kier alpha value is -2.99. The molecule has 3 aromatic rings. The maximum atomic E-state index is 13.2. The fourth-order valence-electron chi connectivity index (χ4n) is 5.07. The summed E-state index contributed by atoms with van der Waals surface area (Å²) in [5, 5.41) is 2.97. The minimum Gasteiger partial charge on any atom is -0.354 e. The molecule has 3 N–H and O–H groups in total. The van der Waals surface area contributed by atoms with Crippen molar-refractivity contribution in [2.75, 3.05) is 39.3 Å². The Kier molecular flexibility index (Phi) is 8.34. The zero-order chi connectivity index (χ0) is 24.7. The molecule has 5 heteroatoms. The van der Waals surface area contributed by atoms with Crippen LogP contribution in [0.1, 0.15) is 42.1 Å². The van der Waals surface area contributed by atoms with Gasteiger partial charge < -0.3 is 11.1 Å². The zero-order valence-corrected chi connectivity index (χ0v) is 21.0. The van der Waals surface area contributed by atoms with Gasteiger partial charge in [-0.1, -0.05) is 91.9 Å². The van der Waals surface area contributed by atoms with E-state index in [4.69, 9.17) is 5.73 Å². The predicted octanol–water partition coefficient (Wildman–Crippen LogP) is 3.95. The van der Waals surface area contributed by atoms with Crippen molar-refractivity contribution in [3.8, 4) is 0 Å². The molecule has 1 heterocycles. The average molecular weight is 471 g/mol. The van der Waals surface area contributed by atoms with Crippen LogP contribution in [-0.4, -0.2) is 55.0 Å². The second-order valence-corrected chi connectivity index (χ2v) is 9.42. The lowest BCUT2D eigenvalue weighted by molar-refractivity contribution is -0.127. The number of aryl methyl sites for hydroxylation is 1. The van der Waals surface area contributed by atoms with E-state index in [0.717, 1.165) is 38.2 Å². The number of piperazine rings is 1. The Morgan fingerprint density at radius 1 is 0.857 bits per heavy atom. The quantitative estimate of drug-likeness (QED) is 0.497. The second-order valence-electron chi connectivity index (χ2n) is 9.42. The first kappa shape index (κ1) is 25.1. The van der Waals surface area contributed by atoms with E-state index in [1.54, 1.807) is 0 Å². The average Bonchev–Trinajstić information content (AvgIpc) is 2.91. The molecule has 1 unspecified atom stereocenters. The molecule has 0 saturated carbocycles. The summed E-state index contributed by atoms with van der Waals surface area (Å²) in [6.07, 6.45) is 0.963. The van der Waals surface area contributed by atoms with Crippen LogP contribution in [-0.2, 0) is 16.8 Å². The van der Waals surface area contributed by atoms with Gasteiger partial charge in [-0.3, -0.25) is 14.6 Å². The molecule has 1 aliphatic rings. The molecule has 35 heavy (non-hydrogen) atoms. The van der Waals surface area contributed by atoms with Gasteiger partial charge in [-0.05, 0) is 35.6 Å². The topological polar surface area (TPSA) is 61.6 Å². The van der Waals surface area contributed by atoms with Crippen molar-refractivity contribution in [2.45, 2.75) is 31.8 Å². The summed E-state index contributed by atoms with van der Waals surface area (Å²) in [6.45, 7) is 8.68. The molecule has 184 valence electrons. The van der Waals surface area contributed by atoms with Crippen LogP contribution in [0, 0.1) is 0 Å². The Balaban J connectivity index is 1.51. The van der Waals surface area contributed by atoms with Crippen LogP contribution in [0.5, 0.6) is 0 Å². The minimum absolute atomic E-state index is 0.113. The second kappa shape index (κ2) is 11.6. The summed E-state index contributed by atoms with van der Waals surface area (Å²) >= 11 is 0. The van der Waals surface area contributed by atoms with Crippen LogP contribution in [0.15, 0.2) is 84.9 Å².